The summed E-state index contributed by atoms with van der Waals surface area (Å²) >= 11 is 3.83. The molecule has 0 saturated carbocycles. The van der Waals surface area contributed by atoms with E-state index >= 15 is 0 Å². The number of allylic oxidation sites excluding steroid dienone is 1. The molecule has 0 unspecified atom stereocenters. The summed E-state index contributed by atoms with van der Waals surface area (Å²) in [5.74, 6) is 0. The van der Waals surface area contributed by atoms with Crippen molar-refractivity contribution >= 4 is 21.6 Å². The molecule has 0 N–H and O–H groups in total. The van der Waals surface area contributed by atoms with Crippen molar-refractivity contribution in [2.24, 2.45) is 5.41 Å². The lowest BCUT2D eigenvalue weighted by Crippen LogP contribution is -2.47. The van der Waals surface area contributed by atoms with E-state index in [9.17, 15) is 0 Å². The van der Waals surface area contributed by atoms with Gasteiger partial charge in [0.2, 0.25) is 0 Å². The number of hydrogen-bond donors (Lipinski definition) is 0. The van der Waals surface area contributed by atoms with Crippen LogP contribution in [-0.4, -0.2) is 37.6 Å². The van der Waals surface area contributed by atoms with E-state index in [0.717, 1.165) is 32.7 Å². The summed E-state index contributed by atoms with van der Waals surface area (Å²) < 4.78 is 1.47. The first-order valence-electron chi connectivity index (χ1n) is 8.83. The van der Waals surface area contributed by atoms with Crippen molar-refractivity contribution in [1.29, 1.82) is 0 Å². The average molecular weight is 377 g/mol. The van der Waals surface area contributed by atoms with Gasteiger partial charge in [-0.3, -0.25) is 4.90 Å². The fourth-order valence-electron chi connectivity index (χ4n) is 3.72. The van der Waals surface area contributed by atoms with Crippen molar-refractivity contribution in [2.75, 3.05) is 37.6 Å². The monoisotopic (exact) mass is 376 g/mol. The molecule has 0 spiro atoms. The van der Waals surface area contributed by atoms with Crippen LogP contribution in [0, 0.1) is 12.3 Å². The third kappa shape index (κ3) is 4.39. The van der Waals surface area contributed by atoms with Crippen molar-refractivity contribution in [2.45, 2.75) is 40.0 Å². The van der Waals surface area contributed by atoms with Gasteiger partial charge in [-0.05, 0) is 53.8 Å². The van der Waals surface area contributed by atoms with Gasteiger partial charge in [0.15, 0.2) is 0 Å². The van der Waals surface area contributed by atoms with Crippen LogP contribution in [0.1, 0.15) is 38.7 Å². The zero-order chi connectivity index (χ0) is 16.4. The van der Waals surface area contributed by atoms with Crippen LogP contribution < -0.4 is 4.90 Å². The van der Waals surface area contributed by atoms with E-state index in [0.29, 0.717) is 5.41 Å². The van der Waals surface area contributed by atoms with Gasteiger partial charge < -0.3 is 4.90 Å². The second-order valence-corrected chi connectivity index (χ2v) is 8.91. The summed E-state index contributed by atoms with van der Waals surface area (Å²) in [6.07, 6.45) is 3.76. The maximum atomic E-state index is 3.83. The molecule has 3 rings (SSSR count). The lowest BCUT2D eigenvalue weighted by Gasteiger charge is -2.39. The van der Waals surface area contributed by atoms with E-state index in [4.69, 9.17) is 0 Å². The molecular formula is C20H29BrN2. The van der Waals surface area contributed by atoms with E-state index < -0.39 is 0 Å². The van der Waals surface area contributed by atoms with Crippen LogP contribution in [0.4, 0.5) is 5.69 Å². The van der Waals surface area contributed by atoms with E-state index in [-0.39, 0.29) is 0 Å². The second kappa shape index (κ2) is 6.98. The zero-order valence-electron chi connectivity index (χ0n) is 14.7. The lowest BCUT2D eigenvalue weighted by molar-refractivity contribution is 0.253. The number of benzene rings is 1. The third-order valence-corrected chi connectivity index (χ3v) is 6.24. The van der Waals surface area contributed by atoms with Gasteiger partial charge in [0.05, 0.1) is 0 Å². The maximum absolute atomic E-state index is 3.83. The molecule has 1 saturated heterocycles. The Morgan fingerprint density at radius 1 is 1.04 bits per heavy atom. The van der Waals surface area contributed by atoms with Crippen molar-refractivity contribution in [3.05, 3.63) is 39.9 Å². The quantitative estimate of drug-likeness (QED) is 0.733. The minimum atomic E-state index is 0.469. The average Bonchev–Trinajstić information content (AvgIpc) is 2.52. The minimum Gasteiger partial charge on any atom is -0.369 e. The number of rotatable bonds is 3. The normalized spacial score (nSPS) is 22.5. The molecule has 126 valence electrons. The topological polar surface area (TPSA) is 6.48 Å². The van der Waals surface area contributed by atoms with E-state index in [1.165, 1.54) is 35.0 Å². The number of halogens is 1. The molecule has 0 amide bonds. The van der Waals surface area contributed by atoms with Crippen LogP contribution in [0.25, 0.3) is 0 Å². The van der Waals surface area contributed by atoms with E-state index in [2.05, 4.69) is 70.8 Å². The van der Waals surface area contributed by atoms with Crippen LogP contribution in [0.3, 0.4) is 0 Å². The standard InChI is InChI=1S/C20H29BrN2/c1-16-4-6-18(7-5-16)23-12-10-22(11-13-23)15-17-14-20(2,3)9-8-19(17)21/h4-7H,8-15H2,1-3H3. The Bertz CT molecular complexity index is 566. The Labute approximate surface area is 149 Å². The van der Waals surface area contributed by atoms with Gasteiger partial charge in [-0.25, -0.2) is 0 Å². The summed E-state index contributed by atoms with van der Waals surface area (Å²) in [5, 5.41) is 0. The number of piperazine rings is 1. The predicted molar refractivity (Wildman–Crippen MR) is 103 cm³/mol. The molecule has 23 heavy (non-hydrogen) atoms. The predicted octanol–water partition coefficient (Wildman–Crippen LogP) is 4.98. The number of nitrogens with zero attached hydrogens (tertiary/aromatic N) is 2. The van der Waals surface area contributed by atoms with Gasteiger partial charge in [-0.15, -0.1) is 0 Å². The highest BCUT2D eigenvalue weighted by molar-refractivity contribution is 9.11. The van der Waals surface area contributed by atoms with Gasteiger partial charge in [0.1, 0.15) is 0 Å². The van der Waals surface area contributed by atoms with Crippen molar-refractivity contribution < 1.29 is 0 Å². The fraction of sp³-hybridized carbons (Fsp3) is 0.600. The first-order valence-corrected chi connectivity index (χ1v) is 9.63. The van der Waals surface area contributed by atoms with Gasteiger partial charge in [0.25, 0.3) is 0 Å². The first kappa shape index (κ1) is 17.0. The molecule has 0 atom stereocenters. The highest BCUT2D eigenvalue weighted by Crippen LogP contribution is 2.40. The summed E-state index contributed by atoms with van der Waals surface area (Å²) in [5.41, 5.74) is 4.81. The second-order valence-electron chi connectivity index (χ2n) is 7.95. The highest BCUT2D eigenvalue weighted by atomic mass is 79.9. The van der Waals surface area contributed by atoms with Crippen LogP contribution in [0.5, 0.6) is 0 Å². The number of anilines is 1. The molecule has 2 nitrogen and oxygen atoms in total. The molecule has 1 aliphatic heterocycles. The van der Waals surface area contributed by atoms with Crippen LogP contribution in [-0.2, 0) is 0 Å². The number of aryl methyl sites for hydroxylation is 1. The van der Waals surface area contributed by atoms with Crippen LogP contribution in [0.2, 0.25) is 0 Å². The van der Waals surface area contributed by atoms with Gasteiger partial charge in [-0.1, -0.05) is 47.5 Å². The molecule has 0 radical (unpaired) electrons. The van der Waals surface area contributed by atoms with Crippen molar-refractivity contribution in [3.8, 4) is 0 Å². The first-order chi connectivity index (χ1) is 10.9. The van der Waals surface area contributed by atoms with Crippen molar-refractivity contribution in [3.63, 3.8) is 0 Å². The number of hydrogen-bond acceptors (Lipinski definition) is 2. The minimum absolute atomic E-state index is 0.469. The molecule has 1 aliphatic carbocycles. The Kier molecular flexibility index (Phi) is 5.17. The Hall–Kier alpha value is -0.800. The molecule has 1 heterocycles. The summed E-state index contributed by atoms with van der Waals surface area (Å²) in [4.78, 5) is 5.15. The Morgan fingerprint density at radius 2 is 1.70 bits per heavy atom. The zero-order valence-corrected chi connectivity index (χ0v) is 16.3. The molecule has 1 aromatic carbocycles. The van der Waals surface area contributed by atoms with Gasteiger partial charge in [-0.2, -0.15) is 0 Å². The SMILES string of the molecule is Cc1ccc(N2CCN(CC3=C(Br)CCC(C)(C)C3)CC2)cc1. The smallest absolute Gasteiger partial charge is 0.0367 e. The maximum Gasteiger partial charge on any atom is 0.0367 e. The Morgan fingerprint density at radius 3 is 2.35 bits per heavy atom. The molecular weight excluding hydrogens is 348 g/mol. The Balaban J connectivity index is 1.56. The van der Waals surface area contributed by atoms with E-state index in [1.807, 2.05) is 0 Å². The molecule has 1 fully saturated rings. The summed E-state index contributed by atoms with van der Waals surface area (Å²) in [7, 11) is 0. The highest BCUT2D eigenvalue weighted by Gasteiger charge is 2.28. The largest absolute Gasteiger partial charge is 0.369 e. The van der Waals surface area contributed by atoms with Gasteiger partial charge >= 0.3 is 0 Å². The van der Waals surface area contributed by atoms with Crippen molar-refractivity contribution in [1.82, 2.24) is 4.90 Å². The molecule has 0 aromatic heterocycles. The van der Waals surface area contributed by atoms with E-state index in [1.54, 1.807) is 5.57 Å². The van der Waals surface area contributed by atoms with Crippen LogP contribution in [0.15, 0.2) is 34.3 Å². The summed E-state index contributed by atoms with van der Waals surface area (Å²) in [6, 6.07) is 8.95. The molecule has 2 aliphatic rings. The van der Waals surface area contributed by atoms with Gasteiger partial charge in [0, 0.05) is 38.4 Å². The fourth-order valence-corrected chi connectivity index (χ4v) is 4.18. The molecule has 0 bridgehead atoms. The molecule has 1 aromatic rings. The van der Waals surface area contributed by atoms with Crippen LogP contribution >= 0.6 is 15.9 Å². The third-order valence-electron chi connectivity index (χ3n) is 5.28. The summed E-state index contributed by atoms with van der Waals surface area (Å²) in [6.45, 7) is 12.7. The lowest BCUT2D eigenvalue weighted by atomic mass is 9.77. The molecule has 3 heteroatoms.